The zero-order valence-electron chi connectivity index (χ0n) is 12.2. The van der Waals surface area contributed by atoms with Crippen LogP contribution in [-0.2, 0) is 0 Å². The molecular weight excluding hydrogens is 321 g/mol. The number of alkyl halides is 3. The van der Waals surface area contributed by atoms with Gasteiger partial charge in [0.15, 0.2) is 0 Å². The lowest BCUT2D eigenvalue weighted by molar-refractivity contribution is -0.274. The summed E-state index contributed by atoms with van der Waals surface area (Å²) >= 11 is 0. The van der Waals surface area contributed by atoms with E-state index >= 15 is 0 Å². The van der Waals surface area contributed by atoms with Crippen molar-refractivity contribution in [1.82, 2.24) is 20.0 Å². The molecule has 0 fully saturated rings. The molecular formula is C16H11F3N4O. The molecule has 2 aromatic heterocycles. The van der Waals surface area contributed by atoms with Crippen LogP contribution in [-0.4, -0.2) is 26.3 Å². The Balaban J connectivity index is 1.80. The number of hydrogen-bond acceptors (Lipinski definition) is 4. The summed E-state index contributed by atoms with van der Waals surface area (Å²) in [6.07, 6.45) is 5.24. The van der Waals surface area contributed by atoms with Crippen molar-refractivity contribution >= 4 is 12.2 Å². The number of benzene rings is 1. The van der Waals surface area contributed by atoms with E-state index in [2.05, 4.69) is 19.9 Å². The third-order valence-electron chi connectivity index (χ3n) is 3.04. The fourth-order valence-electron chi connectivity index (χ4n) is 2.01. The minimum atomic E-state index is -4.69. The van der Waals surface area contributed by atoms with E-state index in [9.17, 15) is 13.2 Å². The zero-order chi connectivity index (χ0) is 17.0. The lowest BCUT2D eigenvalue weighted by Crippen LogP contribution is -2.16. The molecule has 0 saturated carbocycles. The number of nitrogens with zero attached hydrogens (tertiary/aromatic N) is 4. The van der Waals surface area contributed by atoms with E-state index in [-0.39, 0.29) is 5.75 Å². The van der Waals surface area contributed by atoms with Gasteiger partial charge in [-0.1, -0.05) is 24.3 Å². The smallest absolute Gasteiger partial charge is 0.406 e. The van der Waals surface area contributed by atoms with E-state index in [0.29, 0.717) is 5.69 Å². The van der Waals surface area contributed by atoms with E-state index in [1.165, 1.54) is 29.1 Å². The van der Waals surface area contributed by atoms with Crippen molar-refractivity contribution in [1.29, 1.82) is 0 Å². The average molecular weight is 332 g/mol. The molecule has 0 aliphatic rings. The number of hydrogen-bond donors (Lipinski definition) is 0. The molecule has 0 bridgehead atoms. The fraction of sp³-hybridized carbons (Fsp3) is 0.0625. The lowest BCUT2D eigenvalue weighted by atomic mass is 10.1. The Labute approximate surface area is 135 Å². The molecule has 0 aliphatic heterocycles. The second-order valence-electron chi connectivity index (χ2n) is 4.70. The SMILES string of the molecule is FC(F)(F)Oc1ccc(/C=C/c2ccncc2-n2nccn2)cc1. The van der Waals surface area contributed by atoms with Crippen molar-refractivity contribution in [2.24, 2.45) is 0 Å². The number of halogens is 3. The summed E-state index contributed by atoms with van der Waals surface area (Å²) in [7, 11) is 0. The molecule has 0 unspecified atom stereocenters. The van der Waals surface area contributed by atoms with Gasteiger partial charge in [-0.2, -0.15) is 10.2 Å². The van der Waals surface area contributed by atoms with E-state index in [1.807, 2.05) is 0 Å². The molecule has 3 rings (SSSR count). The second kappa shape index (κ2) is 6.53. The van der Waals surface area contributed by atoms with Crippen LogP contribution in [0.15, 0.2) is 55.1 Å². The summed E-state index contributed by atoms with van der Waals surface area (Å²) in [5.74, 6) is -0.259. The molecule has 2 heterocycles. The molecule has 24 heavy (non-hydrogen) atoms. The van der Waals surface area contributed by atoms with Gasteiger partial charge in [0.05, 0.1) is 18.6 Å². The summed E-state index contributed by atoms with van der Waals surface area (Å²) in [4.78, 5) is 5.48. The van der Waals surface area contributed by atoms with Crippen LogP contribution in [0.25, 0.3) is 17.8 Å². The number of pyridine rings is 1. The van der Waals surface area contributed by atoms with Crippen LogP contribution >= 0.6 is 0 Å². The molecule has 0 amide bonds. The summed E-state index contributed by atoms with van der Waals surface area (Å²) in [5.41, 5.74) is 2.23. The highest BCUT2D eigenvalue weighted by atomic mass is 19.4. The quantitative estimate of drug-likeness (QED) is 0.730. The van der Waals surface area contributed by atoms with Crippen LogP contribution in [0, 0.1) is 0 Å². The Morgan fingerprint density at radius 1 is 0.917 bits per heavy atom. The summed E-state index contributed by atoms with van der Waals surface area (Å²) in [6, 6.07) is 7.37. The molecule has 1 aromatic carbocycles. The molecule has 122 valence electrons. The van der Waals surface area contributed by atoms with Gasteiger partial charge in [-0.25, -0.2) is 0 Å². The Kier molecular flexibility index (Phi) is 4.28. The zero-order valence-corrected chi connectivity index (χ0v) is 12.2. The predicted octanol–water partition coefficient (Wildman–Crippen LogP) is 3.73. The van der Waals surface area contributed by atoms with Crippen LogP contribution in [0.1, 0.15) is 11.1 Å². The molecule has 0 atom stereocenters. The van der Waals surface area contributed by atoms with Crippen LogP contribution < -0.4 is 4.74 Å². The normalized spacial score (nSPS) is 11.8. The Bertz CT molecular complexity index is 827. The number of ether oxygens (including phenoxy) is 1. The number of aromatic nitrogens is 4. The third-order valence-corrected chi connectivity index (χ3v) is 3.04. The van der Waals surface area contributed by atoms with E-state index in [0.717, 1.165) is 11.1 Å². The van der Waals surface area contributed by atoms with Crippen LogP contribution in [0.3, 0.4) is 0 Å². The minimum absolute atomic E-state index is 0.259. The van der Waals surface area contributed by atoms with E-state index < -0.39 is 6.36 Å². The Morgan fingerprint density at radius 2 is 1.62 bits per heavy atom. The molecule has 0 radical (unpaired) electrons. The topological polar surface area (TPSA) is 52.8 Å². The molecule has 5 nitrogen and oxygen atoms in total. The first kappa shape index (κ1) is 15.7. The highest BCUT2D eigenvalue weighted by Crippen LogP contribution is 2.23. The van der Waals surface area contributed by atoms with Gasteiger partial charge in [-0.3, -0.25) is 4.98 Å². The summed E-state index contributed by atoms with van der Waals surface area (Å²) < 4.78 is 40.2. The van der Waals surface area contributed by atoms with Crippen molar-refractivity contribution < 1.29 is 17.9 Å². The van der Waals surface area contributed by atoms with Crippen molar-refractivity contribution in [2.45, 2.75) is 6.36 Å². The van der Waals surface area contributed by atoms with Crippen LogP contribution in [0.2, 0.25) is 0 Å². The van der Waals surface area contributed by atoms with Crippen LogP contribution in [0.5, 0.6) is 5.75 Å². The molecule has 0 N–H and O–H groups in total. The maximum Gasteiger partial charge on any atom is 0.573 e. The second-order valence-corrected chi connectivity index (χ2v) is 4.70. The Hall–Kier alpha value is -3.16. The monoisotopic (exact) mass is 332 g/mol. The molecule has 8 heteroatoms. The van der Waals surface area contributed by atoms with Crippen molar-refractivity contribution in [3.05, 3.63) is 66.2 Å². The van der Waals surface area contributed by atoms with Gasteiger partial charge in [0, 0.05) is 11.8 Å². The van der Waals surface area contributed by atoms with Gasteiger partial charge in [0.2, 0.25) is 0 Å². The van der Waals surface area contributed by atoms with Gasteiger partial charge in [-0.05, 0) is 23.8 Å². The van der Waals surface area contributed by atoms with Gasteiger partial charge < -0.3 is 4.74 Å². The standard InChI is InChI=1S/C16H11F3N4O/c17-16(18,19)24-14-5-2-12(3-6-14)1-4-13-7-8-20-11-15(13)23-21-9-10-22-23/h1-11H/b4-1+. The number of rotatable bonds is 4. The third kappa shape index (κ3) is 3.97. The van der Waals surface area contributed by atoms with Crippen LogP contribution in [0.4, 0.5) is 13.2 Å². The maximum absolute atomic E-state index is 12.1. The van der Waals surface area contributed by atoms with Crippen molar-refractivity contribution in [2.75, 3.05) is 0 Å². The molecule has 0 aliphatic carbocycles. The maximum atomic E-state index is 12.1. The summed E-state index contributed by atoms with van der Waals surface area (Å²) in [6.45, 7) is 0. The highest BCUT2D eigenvalue weighted by molar-refractivity contribution is 5.73. The largest absolute Gasteiger partial charge is 0.573 e. The lowest BCUT2D eigenvalue weighted by Gasteiger charge is -2.08. The van der Waals surface area contributed by atoms with Crippen molar-refractivity contribution in [3.63, 3.8) is 0 Å². The summed E-state index contributed by atoms with van der Waals surface area (Å²) in [5, 5.41) is 8.11. The predicted molar refractivity (Wildman–Crippen MR) is 81.2 cm³/mol. The van der Waals surface area contributed by atoms with Gasteiger partial charge >= 0.3 is 6.36 Å². The molecule has 0 saturated heterocycles. The first-order valence-electron chi connectivity index (χ1n) is 6.86. The Morgan fingerprint density at radius 3 is 2.29 bits per heavy atom. The fourth-order valence-corrected chi connectivity index (χ4v) is 2.01. The molecule has 0 spiro atoms. The van der Waals surface area contributed by atoms with E-state index in [4.69, 9.17) is 0 Å². The van der Waals surface area contributed by atoms with Gasteiger partial charge in [-0.15, -0.1) is 18.0 Å². The van der Waals surface area contributed by atoms with Gasteiger partial charge in [0.25, 0.3) is 0 Å². The highest BCUT2D eigenvalue weighted by Gasteiger charge is 2.30. The minimum Gasteiger partial charge on any atom is -0.406 e. The average Bonchev–Trinajstić information content (AvgIpc) is 3.07. The first-order chi connectivity index (χ1) is 11.5. The van der Waals surface area contributed by atoms with E-state index in [1.54, 1.807) is 43.0 Å². The molecule has 3 aromatic rings. The first-order valence-corrected chi connectivity index (χ1v) is 6.86. The van der Waals surface area contributed by atoms with Crippen molar-refractivity contribution in [3.8, 4) is 11.4 Å². The van der Waals surface area contributed by atoms with Gasteiger partial charge in [0.1, 0.15) is 11.4 Å².